The first-order chi connectivity index (χ1) is 9.11. The summed E-state index contributed by atoms with van der Waals surface area (Å²) in [5.41, 5.74) is 8.61. The molecule has 1 atom stereocenters. The Morgan fingerprint density at radius 1 is 1.37 bits per heavy atom. The lowest BCUT2D eigenvalue weighted by Crippen LogP contribution is -2.16. The van der Waals surface area contributed by atoms with E-state index in [9.17, 15) is 0 Å². The maximum atomic E-state index is 6.17. The van der Waals surface area contributed by atoms with E-state index in [1.54, 1.807) is 0 Å². The summed E-state index contributed by atoms with van der Waals surface area (Å²) in [6.45, 7) is 8.36. The van der Waals surface area contributed by atoms with Crippen LogP contribution in [0.5, 0.6) is 0 Å². The van der Waals surface area contributed by atoms with Gasteiger partial charge in [-0.3, -0.25) is 0 Å². The maximum absolute atomic E-state index is 6.17. The predicted octanol–water partition coefficient (Wildman–Crippen LogP) is 2.80. The molecule has 2 aromatic heterocycles. The second-order valence-electron chi connectivity index (χ2n) is 5.47. The van der Waals surface area contributed by atoms with Crippen LogP contribution in [-0.2, 0) is 13.1 Å². The third-order valence-electron chi connectivity index (χ3n) is 3.48. The average Bonchev–Trinajstić information content (AvgIpc) is 3.00. The normalized spacial score (nSPS) is 13.1. The molecule has 4 heteroatoms. The van der Waals surface area contributed by atoms with Crippen molar-refractivity contribution in [3.8, 4) is 0 Å². The van der Waals surface area contributed by atoms with Crippen LogP contribution in [0, 0.1) is 5.92 Å². The van der Waals surface area contributed by atoms with Gasteiger partial charge in [-0.15, -0.1) is 0 Å². The summed E-state index contributed by atoms with van der Waals surface area (Å²) in [5.74, 6) is 0.460. The number of nitrogens with two attached hydrogens (primary N) is 1. The quantitative estimate of drug-likeness (QED) is 0.868. The molecule has 0 aliphatic heterocycles. The highest BCUT2D eigenvalue weighted by Crippen LogP contribution is 2.19. The third-order valence-corrected chi connectivity index (χ3v) is 3.48. The smallest absolute Gasteiger partial charge is 0.0948 e. The second kappa shape index (κ2) is 6.06. The summed E-state index contributed by atoms with van der Waals surface area (Å²) < 4.78 is 4.39. The Balaban J connectivity index is 2.09. The van der Waals surface area contributed by atoms with Gasteiger partial charge >= 0.3 is 0 Å². The van der Waals surface area contributed by atoms with E-state index in [0.717, 1.165) is 19.5 Å². The molecule has 4 nitrogen and oxygen atoms in total. The summed E-state index contributed by atoms with van der Waals surface area (Å²) in [5, 5.41) is 0. The minimum atomic E-state index is 0.113. The first kappa shape index (κ1) is 13.9. The van der Waals surface area contributed by atoms with E-state index < -0.39 is 0 Å². The molecule has 1 unspecified atom stereocenters. The van der Waals surface area contributed by atoms with E-state index in [0.29, 0.717) is 5.92 Å². The summed E-state index contributed by atoms with van der Waals surface area (Å²) in [6, 6.07) is 2.23. The number of hydrogen-bond acceptors (Lipinski definition) is 2. The van der Waals surface area contributed by atoms with E-state index >= 15 is 0 Å². The molecule has 0 amide bonds. The van der Waals surface area contributed by atoms with Crippen LogP contribution in [0.2, 0.25) is 0 Å². The lowest BCUT2D eigenvalue weighted by molar-refractivity contribution is 0.513. The molecule has 0 saturated heterocycles. The summed E-state index contributed by atoms with van der Waals surface area (Å²) in [7, 11) is 0. The molecule has 2 N–H and O–H groups in total. The Hall–Kier alpha value is -1.55. The van der Waals surface area contributed by atoms with Crippen LogP contribution >= 0.6 is 0 Å². The molecule has 0 aliphatic rings. The van der Waals surface area contributed by atoms with Crippen molar-refractivity contribution in [2.45, 2.75) is 46.3 Å². The van der Waals surface area contributed by atoms with E-state index in [2.05, 4.69) is 53.3 Å². The van der Waals surface area contributed by atoms with Crippen molar-refractivity contribution in [3.63, 3.8) is 0 Å². The van der Waals surface area contributed by atoms with E-state index in [4.69, 9.17) is 5.73 Å². The zero-order valence-electron chi connectivity index (χ0n) is 12.1. The van der Waals surface area contributed by atoms with Crippen molar-refractivity contribution in [1.29, 1.82) is 0 Å². The Bertz CT molecular complexity index is 510. The third kappa shape index (κ3) is 3.26. The van der Waals surface area contributed by atoms with Crippen LogP contribution in [0.3, 0.4) is 0 Å². The molecule has 2 aromatic rings. The largest absolute Gasteiger partial charge is 0.348 e. The molecule has 0 aromatic carbocycles. The van der Waals surface area contributed by atoms with Gasteiger partial charge in [-0.1, -0.05) is 20.8 Å². The Kier molecular flexibility index (Phi) is 4.43. The first-order valence-corrected chi connectivity index (χ1v) is 7.02. The lowest BCUT2D eigenvalue weighted by Gasteiger charge is -2.13. The summed E-state index contributed by atoms with van der Waals surface area (Å²) >= 11 is 0. The number of hydrogen-bond donors (Lipinski definition) is 1. The molecule has 0 fully saturated rings. The van der Waals surface area contributed by atoms with Crippen LogP contribution in [0.15, 0.2) is 31.0 Å². The van der Waals surface area contributed by atoms with Gasteiger partial charge in [0.05, 0.1) is 18.6 Å². The van der Waals surface area contributed by atoms with Crippen LogP contribution in [-0.4, -0.2) is 14.1 Å². The van der Waals surface area contributed by atoms with Gasteiger partial charge in [-0.05, 0) is 24.0 Å². The van der Waals surface area contributed by atoms with Gasteiger partial charge in [0.1, 0.15) is 0 Å². The fraction of sp³-hybridized carbons (Fsp3) is 0.533. The second-order valence-corrected chi connectivity index (χ2v) is 5.47. The molecule has 0 saturated carbocycles. The topological polar surface area (TPSA) is 48.8 Å². The van der Waals surface area contributed by atoms with Crippen LogP contribution in [0.1, 0.15) is 44.5 Å². The van der Waals surface area contributed by atoms with Crippen LogP contribution < -0.4 is 5.73 Å². The van der Waals surface area contributed by atoms with E-state index in [1.165, 1.54) is 11.3 Å². The molecule has 0 spiro atoms. The van der Waals surface area contributed by atoms with Gasteiger partial charge < -0.3 is 14.9 Å². The highest BCUT2D eigenvalue weighted by Gasteiger charge is 2.12. The van der Waals surface area contributed by atoms with E-state index in [1.807, 2.05) is 12.5 Å². The fourth-order valence-electron chi connectivity index (χ4n) is 2.25. The highest BCUT2D eigenvalue weighted by atomic mass is 15.1. The number of aryl methyl sites for hydroxylation is 1. The SMILES string of the molecule is CCCn1cncc1Cn1ccc(C(N)C(C)C)c1. The van der Waals surface area contributed by atoms with Gasteiger partial charge in [0.2, 0.25) is 0 Å². The van der Waals surface area contributed by atoms with E-state index in [-0.39, 0.29) is 6.04 Å². The molecule has 0 aliphatic carbocycles. The van der Waals surface area contributed by atoms with Gasteiger partial charge in [0.15, 0.2) is 0 Å². The molecule has 2 heterocycles. The predicted molar refractivity (Wildman–Crippen MR) is 77.8 cm³/mol. The molecule has 2 rings (SSSR count). The average molecular weight is 260 g/mol. The van der Waals surface area contributed by atoms with Gasteiger partial charge in [-0.2, -0.15) is 0 Å². The van der Waals surface area contributed by atoms with Crippen LogP contribution in [0.4, 0.5) is 0 Å². The van der Waals surface area contributed by atoms with Crippen molar-refractivity contribution >= 4 is 0 Å². The Morgan fingerprint density at radius 3 is 2.84 bits per heavy atom. The van der Waals surface area contributed by atoms with Crippen molar-refractivity contribution in [3.05, 3.63) is 42.2 Å². The van der Waals surface area contributed by atoms with Gasteiger partial charge in [0.25, 0.3) is 0 Å². The van der Waals surface area contributed by atoms with Crippen molar-refractivity contribution in [2.75, 3.05) is 0 Å². The monoisotopic (exact) mass is 260 g/mol. The Morgan fingerprint density at radius 2 is 2.16 bits per heavy atom. The van der Waals surface area contributed by atoms with Crippen molar-refractivity contribution < 1.29 is 0 Å². The number of rotatable bonds is 6. The minimum absolute atomic E-state index is 0.113. The number of imidazole rings is 1. The fourth-order valence-corrected chi connectivity index (χ4v) is 2.25. The van der Waals surface area contributed by atoms with Crippen molar-refractivity contribution in [2.24, 2.45) is 11.7 Å². The molecule has 0 bridgehead atoms. The van der Waals surface area contributed by atoms with Gasteiger partial charge in [-0.25, -0.2) is 4.98 Å². The highest BCUT2D eigenvalue weighted by molar-refractivity contribution is 5.16. The molecule has 19 heavy (non-hydrogen) atoms. The lowest BCUT2D eigenvalue weighted by atomic mass is 10.00. The van der Waals surface area contributed by atoms with Gasteiger partial charge in [0, 0.05) is 31.2 Å². The minimum Gasteiger partial charge on any atom is -0.348 e. The zero-order valence-corrected chi connectivity index (χ0v) is 12.1. The molecule has 0 radical (unpaired) electrons. The van der Waals surface area contributed by atoms with Crippen molar-refractivity contribution in [1.82, 2.24) is 14.1 Å². The molecular formula is C15H24N4. The summed E-state index contributed by atoms with van der Waals surface area (Å²) in [6.07, 6.45) is 9.22. The Labute approximate surface area is 115 Å². The number of aromatic nitrogens is 3. The standard InChI is InChI=1S/C15H24N4/c1-4-6-19-11-17-8-14(19)10-18-7-5-13(9-18)15(16)12(2)3/h5,7-9,11-12,15H,4,6,10,16H2,1-3H3. The molecule has 104 valence electrons. The molecular weight excluding hydrogens is 236 g/mol. The maximum Gasteiger partial charge on any atom is 0.0948 e. The summed E-state index contributed by atoms with van der Waals surface area (Å²) in [4.78, 5) is 4.23. The zero-order chi connectivity index (χ0) is 13.8. The first-order valence-electron chi connectivity index (χ1n) is 7.02. The number of nitrogens with zero attached hydrogens (tertiary/aromatic N) is 3. The van der Waals surface area contributed by atoms with Crippen LogP contribution in [0.25, 0.3) is 0 Å².